The first-order valence-corrected chi connectivity index (χ1v) is 8.02. The highest BCUT2D eigenvalue weighted by Crippen LogP contribution is 2.36. The van der Waals surface area contributed by atoms with Crippen LogP contribution >= 0.6 is 27.5 Å². The van der Waals surface area contributed by atoms with Gasteiger partial charge in [0.05, 0.1) is 10.7 Å². The summed E-state index contributed by atoms with van der Waals surface area (Å²) < 4.78 is 0.517. The summed E-state index contributed by atoms with van der Waals surface area (Å²) in [6, 6.07) is 4.78. The van der Waals surface area contributed by atoms with Gasteiger partial charge in [-0.15, -0.1) is 0 Å². The minimum absolute atomic E-state index is 0.0101. The normalized spacial score (nSPS) is 15.5. The summed E-state index contributed by atoms with van der Waals surface area (Å²) in [5, 5.41) is 9.72. The number of phenolic OH excluding ortho intramolecular Hbond substituents is 1. The lowest BCUT2D eigenvalue weighted by atomic mass is 10.0. The molecule has 2 N–H and O–H groups in total. The first kappa shape index (κ1) is 14.6. The second-order valence-electron chi connectivity index (χ2n) is 5.26. The Bertz CT molecular complexity index is 739. The van der Waals surface area contributed by atoms with E-state index in [1.165, 1.54) is 18.9 Å². The molecule has 1 aromatic heterocycles. The number of halogens is 2. The molecule has 1 aliphatic carbocycles. The third kappa shape index (κ3) is 2.85. The van der Waals surface area contributed by atoms with Crippen LogP contribution in [-0.4, -0.2) is 15.1 Å². The van der Waals surface area contributed by atoms with Crippen LogP contribution in [0.15, 0.2) is 27.5 Å². The van der Waals surface area contributed by atoms with Crippen molar-refractivity contribution in [2.24, 2.45) is 0 Å². The number of aromatic nitrogens is 2. The molecule has 110 valence electrons. The zero-order chi connectivity index (χ0) is 15.0. The number of rotatable bonds is 2. The summed E-state index contributed by atoms with van der Waals surface area (Å²) >= 11 is 9.27. The molecule has 1 heterocycles. The average molecular weight is 370 g/mol. The van der Waals surface area contributed by atoms with Crippen LogP contribution in [0.1, 0.15) is 37.3 Å². The minimum Gasteiger partial charge on any atom is -0.506 e. The van der Waals surface area contributed by atoms with Crippen LogP contribution in [0.5, 0.6) is 5.75 Å². The van der Waals surface area contributed by atoms with E-state index in [1.807, 2.05) is 0 Å². The monoisotopic (exact) mass is 368 g/mol. The molecule has 0 unspecified atom stereocenters. The Balaban J connectivity index is 2.10. The van der Waals surface area contributed by atoms with Crippen molar-refractivity contribution < 1.29 is 5.11 Å². The number of nitrogens with one attached hydrogen (secondary N) is 1. The molecule has 1 fully saturated rings. The molecule has 1 aliphatic rings. The fourth-order valence-corrected chi connectivity index (χ4v) is 3.43. The molecule has 0 saturated heterocycles. The highest BCUT2D eigenvalue weighted by atomic mass is 79.9. The van der Waals surface area contributed by atoms with Crippen molar-refractivity contribution in [1.82, 2.24) is 9.97 Å². The van der Waals surface area contributed by atoms with Crippen molar-refractivity contribution in [2.45, 2.75) is 31.6 Å². The first-order chi connectivity index (χ1) is 10.1. The smallest absolute Gasteiger partial charge is 0.265 e. The lowest BCUT2D eigenvalue weighted by Crippen LogP contribution is -2.15. The van der Waals surface area contributed by atoms with Crippen molar-refractivity contribution in [3.05, 3.63) is 43.7 Å². The lowest BCUT2D eigenvalue weighted by molar-refractivity contribution is 0.475. The zero-order valence-corrected chi connectivity index (χ0v) is 13.5. The number of aromatic hydroxyl groups is 1. The van der Waals surface area contributed by atoms with E-state index in [9.17, 15) is 9.90 Å². The Hall–Kier alpha value is -1.33. The maximum absolute atomic E-state index is 12.1. The number of hydrogen-bond donors (Lipinski definition) is 2. The Morgan fingerprint density at radius 2 is 2.05 bits per heavy atom. The number of hydrogen-bond acceptors (Lipinski definition) is 3. The second kappa shape index (κ2) is 5.81. The van der Waals surface area contributed by atoms with Gasteiger partial charge in [0.25, 0.3) is 5.56 Å². The SMILES string of the molecule is O=c1[nH]c(-c2ccc(O)c(Cl)c2)nc(C2CCCC2)c1Br. The highest BCUT2D eigenvalue weighted by molar-refractivity contribution is 9.10. The summed E-state index contributed by atoms with van der Waals surface area (Å²) in [5.74, 6) is 0.816. The third-order valence-corrected chi connectivity index (χ3v) is 4.92. The van der Waals surface area contributed by atoms with Gasteiger partial charge >= 0.3 is 0 Å². The predicted molar refractivity (Wildman–Crippen MR) is 85.9 cm³/mol. The number of H-pyrrole nitrogens is 1. The van der Waals surface area contributed by atoms with Gasteiger partial charge < -0.3 is 10.1 Å². The average Bonchev–Trinajstić information content (AvgIpc) is 2.98. The number of aromatic amines is 1. The number of phenols is 1. The van der Waals surface area contributed by atoms with Crippen molar-refractivity contribution >= 4 is 27.5 Å². The van der Waals surface area contributed by atoms with Crippen LogP contribution in [0.4, 0.5) is 0 Å². The molecule has 0 amide bonds. The molecular weight excluding hydrogens is 356 g/mol. The standard InChI is InChI=1S/C15H14BrClN2O2/c16-12-13(8-3-1-2-4-8)18-14(19-15(12)21)9-5-6-11(20)10(17)7-9/h5-8,20H,1-4H2,(H,18,19,21). The van der Waals surface area contributed by atoms with E-state index in [4.69, 9.17) is 11.6 Å². The van der Waals surface area contributed by atoms with Crippen molar-refractivity contribution in [3.8, 4) is 17.1 Å². The molecule has 6 heteroatoms. The van der Waals surface area contributed by atoms with Gasteiger partial charge in [-0.3, -0.25) is 4.79 Å². The fourth-order valence-electron chi connectivity index (χ4n) is 2.74. The van der Waals surface area contributed by atoms with Gasteiger partial charge in [0, 0.05) is 11.5 Å². The van der Waals surface area contributed by atoms with Crippen LogP contribution in [0.25, 0.3) is 11.4 Å². The maximum Gasteiger partial charge on any atom is 0.265 e. The van der Waals surface area contributed by atoms with E-state index in [-0.39, 0.29) is 16.3 Å². The minimum atomic E-state index is -0.189. The van der Waals surface area contributed by atoms with Crippen molar-refractivity contribution in [1.29, 1.82) is 0 Å². The fraction of sp³-hybridized carbons (Fsp3) is 0.333. The van der Waals surface area contributed by atoms with E-state index in [0.717, 1.165) is 18.5 Å². The molecule has 4 nitrogen and oxygen atoms in total. The lowest BCUT2D eigenvalue weighted by Gasteiger charge is -2.12. The summed E-state index contributed by atoms with van der Waals surface area (Å²) in [6.07, 6.45) is 4.47. The van der Waals surface area contributed by atoms with Gasteiger partial charge in [-0.1, -0.05) is 24.4 Å². The summed E-state index contributed by atoms with van der Waals surface area (Å²) in [4.78, 5) is 19.5. The van der Waals surface area contributed by atoms with Gasteiger partial charge in [0.1, 0.15) is 16.0 Å². The van der Waals surface area contributed by atoms with Gasteiger partial charge in [-0.25, -0.2) is 4.98 Å². The molecular formula is C15H14BrClN2O2. The molecule has 1 saturated carbocycles. The summed E-state index contributed by atoms with van der Waals surface area (Å²) in [6.45, 7) is 0. The summed E-state index contributed by atoms with van der Waals surface area (Å²) in [5.41, 5.74) is 1.31. The van der Waals surface area contributed by atoms with E-state index in [0.29, 0.717) is 21.8 Å². The van der Waals surface area contributed by atoms with Crippen molar-refractivity contribution in [2.75, 3.05) is 0 Å². The largest absolute Gasteiger partial charge is 0.506 e. The number of benzene rings is 1. The molecule has 0 atom stereocenters. The van der Waals surface area contributed by atoms with Gasteiger partial charge in [0.15, 0.2) is 0 Å². The molecule has 0 radical (unpaired) electrons. The highest BCUT2D eigenvalue weighted by Gasteiger charge is 2.23. The Morgan fingerprint density at radius 3 is 2.71 bits per heavy atom. The summed E-state index contributed by atoms with van der Waals surface area (Å²) in [7, 11) is 0. The Morgan fingerprint density at radius 1 is 1.33 bits per heavy atom. The van der Waals surface area contributed by atoms with E-state index >= 15 is 0 Å². The molecule has 3 rings (SSSR count). The van der Waals surface area contributed by atoms with Crippen LogP contribution in [0, 0.1) is 0 Å². The van der Waals surface area contributed by atoms with E-state index < -0.39 is 0 Å². The molecule has 0 aliphatic heterocycles. The van der Waals surface area contributed by atoms with Crippen LogP contribution in [0.3, 0.4) is 0 Å². The first-order valence-electron chi connectivity index (χ1n) is 6.85. The number of nitrogens with zero attached hydrogens (tertiary/aromatic N) is 1. The Kier molecular flexibility index (Phi) is 4.04. The Labute approximate surface area is 135 Å². The van der Waals surface area contributed by atoms with Gasteiger partial charge in [-0.2, -0.15) is 0 Å². The molecule has 0 spiro atoms. The van der Waals surface area contributed by atoms with Gasteiger partial charge in [-0.05, 0) is 47.0 Å². The predicted octanol–water partition coefficient (Wildman–Crippen LogP) is 4.22. The van der Waals surface area contributed by atoms with Crippen molar-refractivity contribution in [3.63, 3.8) is 0 Å². The molecule has 0 bridgehead atoms. The zero-order valence-electron chi connectivity index (χ0n) is 11.2. The van der Waals surface area contributed by atoms with Crippen LogP contribution < -0.4 is 5.56 Å². The molecule has 2 aromatic rings. The second-order valence-corrected chi connectivity index (χ2v) is 6.46. The van der Waals surface area contributed by atoms with E-state index in [2.05, 4.69) is 25.9 Å². The van der Waals surface area contributed by atoms with Crippen LogP contribution in [0.2, 0.25) is 5.02 Å². The quantitative estimate of drug-likeness (QED) is 0.833. The van der Waals surface area contributed by atoms with E-state index in [1.54, 1.807) is 12.1 Å². The van der Waals surface area contributed by atoms with Gasteiger partial charge in [0.2, 0.25) is 0 Å². The topological polar surface area (TPSA) is 66.0 Å². The molecule has 21 heavy (non-hydrogen) atoms. The van der Waals surface area contributed by atoms with Crippen LogP contribution in [-0.2, 0) is 0 Å². The third-order valence-electron chi connectivity index (χ3n) is 3.85. The molecule has 1 aromatic carbocycles. The maximum atomic E-state index is 12.1.